The highest BCUT2D eigenvalue weighted by molar-refractivity contribution is 6.10. The van der Waals surface area contributed by atoms with E-state index in [2.05, 4.69) is 10.6 Å². The Labute approximate surface area is 347 Å². The summed E-state index contributed by atoms with van der Waals surface area (Å²) in [5.41, 5.74) is 1.75. The summed E-state index contributed by atoms with van der Waals surface area (Å²) in [6, 6.07) is 9.47. The molecule has 2 amide bonds. The maximum atomic E-state index is 13.8. The summed E-state index contributed by atoms with van der Waals surface area (Å²) in [5, 5.41) is 7.74. The number of carbonyl (C=O) groups is 5. The number of fused-ring (bicyclic) bond motifs is 2. The Bertz CT molecular complexity index is 2220. The molecule has 0 saturated carbocycles. The first-order valence-electron chi connectivity index (χ1n) is 19.0. The quantitative estimate of drug-likeness (QED) is 0.0717. The average molecular weight is 837 g/mol. The molecule has 0 bridgehead atoms. The predicted octanol–water partition coefficient (Wildman–Crippen LogP) is 6.54. The molecule has 4 aromatic carbocycles. The van der Waals surface area contributed by atoms with Gasteiger partial charge < -0.3 is 58.0 Å². The minimum absolute atomic E-state index is 0.103. The molecule has 2 N–H and O–H groups in total. The molecule has 4 aromatic rings. The molecule has 60 heavy (non-hydrogen) atoms. The van der Waals surface area contributed by atoms with E-state index < -0.39 is 42.1 Å². The summed E-state index contributed by atoms with van der Waals surface area (Å²) in [4.78, 5) is 62.3. The van der Waals surface area contributed by atoms with Gasteiger partial charge in [-0.25, -0.2) is 4.79 Å². The van der Waals surface area contributed by atoms with Crippen molar-refractivity contribution in [2.45, 2.75) is 65.6 Å². The third-order valence-corrected chi connectivity index (χ3v) is 9.16. The molecular formula is C43H52N2O15. The van der Waals surface area contributed by atoms with Crippen molar-refractivity contribution in [2.75, 3.05) is 66.5 Å². The second-order valence-corrected chi connectivity index (χ2v) is 13.2. The molecule has 2 atom stereocenters. The van der Waals surface area contributed by atoms with Crippen LogP contribution in [0.15, 0.2) is 36.4 Å². The first-order valence-corrected chi connectivity index (χ1v) is 19.0. The molecule has 0 heterocycles. The molecule has 324 valence electrons. The van der Waals surface area contributed by atoms with E-state index in [0.29, 0.717) is 55.7 Å². The summed E-state index contributed by atoms with van der Waals surface area (Å²) in [6.07, 6.45) is -1.71. The van der Waals surface area contributed by atoms with Crippen LogP contribution < -0.4 is 39.1 Å². The van der Waals surface area contributed by atoms with Gasteiger partial charge in [-0.1, -0.05) is 0 Å². The number of urea groups is 1. The zero-order chi connectivity index (χ0) is 44.1. The summed E-state index contributed by atoms with van der Waals surface area (Å²) in [7, 11) is 8.78. The van der Waals surface area contributed by atoms with E-state index in [4.69, 9.17) is 47.4 Å². The number of esters is 4. The van der Waals surface area contributed by atoms with Gasteiger partial charge in [0, 0.05) is 49.1 Å². The average Bonchev–Trinajstić information content (AvgIpc) is 3.19. The SMILES string of the molecule is CCOC(=O)C[C@H](Cc1cc(OC)c2c(OC)c(NC(=O)Nc3ccc4c(OC)c(C[C@H](CC(=O)OCC)OC(C)=O)cc(OC)c4c3OC)cc(OC)c2c1)OC(C)=O. The van der Waals surface area contributed by atoms with Crippen LogP contribution in [0.1, 0.15) is 51.7 Å². The van der Waals surface area contributed by atoms with Gasteiger partial charge in [-0.2, -0.15) is 0 Å². The van der Waals surface area contributed by atoms with Crippen LogP contribution in [0.2, 0.25) is 0 Å². The highest BCUT2D eigenvalue weighted by atomic mass is 16.6. The lowest BCUT2D eigenvalue weighted by atomic mass is 9.97. The predicted molar refractivity (Wildman–Crippen MR) is 221 cm³/mol. The highest BCUT2D eigenvalue weighted by Crippen LogP contribution is 2.47. The van der Waals surface area contributed by atoms with Crippen molar-refractivity contribution < 1.29 is 71.3 Å². The van der Waals surface area contributed by atoms with Crippen LogP contribution in [0.4, 0.5) is 16.2 Å². The number of benzene rings is 4. The van der Waals surface area contributed by atoms with Gasteiger partial charge in [0.2, 0.25) is 0 Å². The molecule has 0 aliphatic rings. The molecule has 17 nitrogen and oxygen atoms in total. The number of rotatable bonds is 20. The molecule has 0 unspecified atom stereocenters. The van der Waals surface area contributed by atoms with Crippen LogP contribution in [-0.2, 0) is 51.0 Å². The lowest BCUT2D eigenvalue weighted by Gasteiger charge is -2.22. The second-order valence-electron chi connectivity index (χ2n) is 13.2. The maximum absolute atomic E-state index is 13.8. The topological polar surface area (TPSA) is 202 Å². The van der Waals surface area contributed by atoms with Gasteiger partial charge in [0.25, 0.3) is 0 Å². The third-order valence-electron chi connectivity index (χ3n) is 9.16. The Hall–Kier alpha value is -6.65. The zero-order valence-electron chi connectivity index (χ0n) is 35.5. The van der Waals surface area contributed by atoms with Gasteiger partial charge in [-0.3, -0.25) is 19.2 Å². The molecule has 0 aliphatic carbocycles. The molecule has 0 aromatic heterocycles. The Morgan fingerprint density at radius 1 is 0.550 bits per heavy atom. The lowest BCUT2D eigenvalue weighted by Crippen LogP contribution is -2.24. The first-order chi connectivity index (χ1) is 28.7. The Morgan fingerprint density at radius 3 is 1.57 bits per heavy atom. The monoisotopic (exact) mass is 836 g/mol. The molecule has 0 fully saturated rings. The Morgan fingerprint density at radius 2 is 1.05 bits per heavy atom. The van der Waals surface area contributed by atoms with Crippen LogP contribution >= 0.6 is 0 Å². The lowest BCUT2D eigenvalue weighted by molar-refractivity contribution is -0.155. The zero-order valence-corrected chi connectivity index (χ0v) is 35.5. The van der Waals surface area contributed by atoms with Crippen LogP contribution in [0, 0.1) is 0 Å². The van der Waals surface area contributed by atoms with E-state index in [1.807, 2.05) is 0 Å². The number of hydrogen-bond donors (Lipinski definition) is 2. The van der Waals surface area contributed by atoms with E-state index in [9.17, 15) is 24.0 Å². The van der Waals surface area contributed by atoms with Crippen molar-refractivity contribution in [3.8, 4) is 34.5 Å². The van der Waals surface area contributed by atoms with Gasteiger partial charge in [0.05, 0.1) is 90.9 Å². The van der Waals surface area contributed by atoms with Crippen LogP contribution in [0.5, 0.6) is 34.5 Å². The highest BCUT2D eigenvalue weighted by Gasteiger charge is 2.27. The minimum Gasteiger partial charge on any atom is -0.496 e. The van der Waals surface area contributed by atoms with Crippen molar-refractivity contribution in [1.82, 2.24) is 0 Å². The normalized spacial score (nSPS) is 11.8. The van der Waals surface area contributed by atoms with Crippen molar-refractivity contribution in [1.29, 1.82) is 0 Å². The van der Waals surface area contributed by atoms with Crippen LogP contribution in [0.25, 0.3) is 21.5 Å². The molecule has 0 saturated heterocycles. The molecule has 4 rings (SSSR count). The molecule has 17 heteroatoms. The van der Waals surface area contributed by atoms with E-state index in [1.165, 1.54) is 56.5 Å². The summed E-state index contributed by atoms with van der Waals surface area (Å²) in [6.45, 7) is 6.26. The van der Waals surface area contributed by atoms with Gasteiger partial charge in [-0.05, 0) is 49.7 Å². The first kappa shape index (κ1) is 46.0. The Kier molecular flexibility index (Phi) is 16.4. The number of methoxy groups -OCH3 is 6. The van der Waals surface area contributed by atoms with Gasteiger partial charge in [-0.15, -0.1) is 0 Å². The third kappa shape index (κ3) is 11.1. The summed E-state index contributed by atoms with van der Waals surface area (Å²) < 4.78 is 55.9. The molecule has 0 aliphatic heterocycles. The van der Waals surface area contributed by atoms with Crippen molar-refractivity contribution in [2.24, 2.45) is 0 Å². The van der Waals surface area contributed by atoms with Crippen LogP contribution in [-0.4, -0.2) is 98.0 Å². The van der Waals surface area contributed by atoms with Gasteiger partial charge >= 0.3 is 29.9 Å². The van der Waals surface area contributed by atoms with Crippen molar-refractivity contribution >= 4 is 62.8 Å². The number of carbonyl (C=O) groups excluding carboxylic acids is 5. The fraction of sp³-hybridized carbons (Fsp3) is 0.419. The number of ether oxygens (including phenoxy) is 10. The number of anilines is 2. The standard InChI is InChI=1S/C43H52N2O15/c1-11-57-36(48)20-27(59-23(3)46)15-25-16-30-33(51-5)22-32(42(56-10)39(30)34(17-25)52-6)45-43(50)44-31-14-13-29-38(41(31)55-9)35(53-7)19-26(40(29)54-8)18-28(60-24(4)47)21-37(49)58-12-2/h13-14,16-17,19,22,27-28H,11-12,15,18,20-21H2,1-10H3,(H2,44,45,50)/t27-,28+/m0/s1. The van der Waals surface area contributed by atoms with Crippen molar-refractivity contribution in [3.05, 3.63) is 47.5 Å². The van der Waals surface area contributed by atoms with Gasteiger partial charge in [0.15, 0.2) is 11.5 Å². The van der Waals surface area contributed by atoms with Crippen LogP contribution in [0.3, 0.4) is 0 Å². The second kappa shape index (κ2) is 21.4. The Balaban J connectivity index is 1.72. The van der Waals surface area contributed by atoms with E-state index in [0.717, 1.165) is 0 Å². The number of amides is 2. The minimum atomic E-state index is -0.848. The van der Waals surface area contributed by atoms with Gasteiger partial charge in [0.1, 0.15) is 35.2 Å². The van der Waals surface area contributed by atoms with E-state index in [-0.39, 0.29) is 61.8 Å². The van der Waals surface area contributed by atoms with Crippen molar-refractivity contribution in [3.63, 3.8) is 0 Å². The summed E-state index contributed by atoms with van der Waals surface area (Å²) in [5.74, 6) is -0.153. The number of hydrogen-bond acceptors (Lipinski definition) is 15. The van der Waals surface area contributed by atoms with E-state index >= 15 is 0 Å². The summed E-state index contributed by atoms with van der Waals surface area (Å²) >= 11 is 0. The fourth-order valence-electron chi connectivity index (χ4n) is 6.99. The molecule has 0 spiro atoms. The largest absolute Gasteiger partial charge is 0.496 e. The fourth-order valence-corrected chi connectivity index (χ4v) is 6.99. The molecule has 0 radical (unpaired) electrons. The number of nitrogens with one attached hydrogen (secondary N) is 2. The van der Waals surface area contributed by atoms with E-state index in [1.54, 1.807) is 50.2 Å². The molecular weight excluding hydrogens is 784 g/mol. The smallest absolute Gasteiger partial charge is 0.323 e. The maximum Gasteiger partial charge on any atom is 0.323 e.